The Bertz CT molecular complexity index is 292. The molecule has 0 amide bonds. The quantitative estimate of drug-likeness (QED) is 0.405. The average molecular weight is 322 g/mol. The fourth-order valence-corrected chi connectivity index (χ4v) is 1.41. The second-order valence-corrected chi connectivity index (χ2v) is 8.53. The van der Waals surface area contributed by atoms with E-state index in [0.717, 1.165) is 0 Å². The molecule has 0 aromatic rings. The first-order valence-corrected chi connectivity index (χ1v) is 7.72. The number of aliphatic hydroxyl groups excluding tert-OH is 2. The smallest absolute Gasteiger partial charge is 0.231 e. The molecular weight excluding hydrogens is 288 g/mol. The molecule has 0 saturated heterocycles. The molecule has 6 heteroatoms. The van der Waals surface area contributed by atoms with E-state index in [2.05, 4.69) is 0 Å². The molecule has 2 atom stereocenters. The van der Waals surface area contributed by atoms with Crippen LogP contribution in [0.15, 0.2) is 0 Å². The highest BCUT2D eigenvalue weighted by Crippen LogP contribution is 2.29. The van der Waals surface area contributed by atoms with Gasteiger partial charge in [-0.1, -0.05) is 55.4 Å². The largest absolute Gasteiger partial charge is 0.365 e. The van der Waals surface area contributed by atoms with Gasteiger partial charge in [-0.05, 0) is 12.8 Å². The number of hydrogen-bond acceptors (Lipinski definition) is 6. The molecule has 0 fully saturated rings. The summed E-state index contributed by atoms with van der Waals surface area (Å²) in [6.07, 6.45) is -1.77. The molecule has 0 aromatic heterocycles. The van der Waals surface area contributed by atoms with Gasteiger partial charge in [0.1, 0.15) is 0 Å². The lowest BCUT2D eigenvalue weighted by Crippen LogP contribution is -2.41. The topological polar surface area (TPSA) is 77.4 Å². The molecule has 0 heterocycles. The van der Waals surface area contributed by atoms with E-state index < -0.39 is 29.2 Å². The van der Waals surface area contributed by atoms with Crippen molar-refractivity contribution < 1.29 is 29.8 Å². The van der Waals surface area contributed by atoms with Crippen LogP contribution in [0.25, 0.3) is 0 Å². The molecule has 0 aliphatic rings. The summed E-state index contributed by atoms with van der Waals surface area (Å²) in [5.41, 5.74) is -0.991. The van der Waals surface area contributed by atoms with Crippen molar-refractivity contribution in [3.05, 3.63) is 0 Å². The Labute approximate surface area is 134 Å². The highest BCUT2D eigenvalue weighted by Gasteiger charge is 2.36. The maximum Gasteiger partial charge on any atom is 0.231 e. The summed E-state index contributed by atoms with van der Waals surface area (Å²) in [7, 11) is 0. The molecule has 6 nitrogen and oxygen atoms in total. The number of rotatable bonds is 8. The third-order valence-corrected chi connectivity index (χ3v) is 2.89. The molecule has 0 saturated carbocycles. The molecule has 0 aliphatic heterocycles. The summed E-state index contributed by atoms with van der Waals surface area (Å²) in [4.78, 5) is 20.7. The van der Waals surface area contributed by atoms with Crippen molar-refractivity contribution >= 4 is 0 Å². The summed E-state index contributed by atoms with van der Waals surface area (Å²) in [6, 6.07) is 0. The van der Waals surface area contributed by atoms with Crippen molar-refractivity contribution in [3.63, 3.8) is 0 Å². The van der Waals surface area contributed by atoms with E-state index in [1.807, 2.05) is 55.4 Å². The van der Waals surface area contributed by atoms with Gasteiger partial charge in [-0.15, -0.1) is 0 Å². The van der Waals surface area contributed by atoms with Crippen LogP contribution in [0.2, 0.25) is 0 Å². The second-order valence-electron chi connectivity index (χ2n) is 8.53. The highest BCUT2D eigenvalue weighted by atomic mass is 17.3. The zero-order valence-electron chi connectivity index (χ0n) is 15.5. The molecule has 0 aromatic carbocycles. The van der Waals surface area contributed by atoms with Crippen LogP contribution in [0.1, 0.15) is 68.7 Å². The van der Waals surface area contributed by atoms with Gasteiger partial charge in [0, 0.05) is 17.3 Å². The lowest BCUT2D eigenvalue weighted by Gasteiger charge is -2.34. The standard InChI is InChI=1S/C16H34O6/c1-11(2)10-16(9,21-19-12(17)14(3,4)5)22-20-13(18)15(6,7)8/h11-13,17-18H,10H2,1-9H3. The zero-order chi connectivity index (χ0) is 17.8. The maximum absolute atomic E-state index is 9.90. The fraction of sp³-hybridized carbons (Fsp3) is 1.00. The van der Waals surface area contributed by atoms with E-state index in [4.69, 9.17) is 19.6 Å². The Morgan fingerprint density at radius 1 is 0.727 bits per heavy atom. The van der Waals surface area contributed by atoms with Crippen LogP contribution in [-0.4, -0.2) is 28.6 Å². The number of hydrogen-bond donors (Lipinski definition) is 2. The van der Waals surface area contributed by atoms with Crippen LogP contribution in [0, 0.1) is 16.7 Å². The summed E-state index contributed by atoms with van der Waals surface area (Å²) < 4.78 is 0. The van der Waals surface area contributed by atoms with E-state index in [-0.39, 0.29) is 5.92 Å². The molecule has 22 heavy (non-hydrogen) atoms. The highest BCUT2D eigenvalue weighted by molar-refractivity contribution is 4.66. The molecule has 2 unspecified atom stereocenters. The van der Waals surface area contributed by atoms with Crippen LogP contribution in [0.3, 0.4) is 0 Å². The van der Waals surface area contributed by atoms with Crippen LogP contribution in [-0.2, 0) is 19.6 Å². The van der Waals surface area contributed by atoms with Crippen molar-refractivity contribution in [3.8, 4) is 0 Å². The summed E-state index contributed by atoms with van der Waals surface area (Å²) in [5.74, 6) is -1.01. The lowest BCUT2D eigenvalue weighted by atomic mass is 9.96. The Balaban J connectivity index is 4.72. The third-order valence-electron chi connectivity index (χ3n) is 2.89. The van der Waals surface area contributed by atoms with Crippen LogP contribution in [0.4, 0.5) is 0 Å². The van der Waals surface area contributed by atoms with Gasteiger partial charge in [-0.2, -0.15) is 9.78 Å². The Kier molecular flexibility index (Phi) is 7.95. The minimum Gasteiger partial charge on any atom is -0.365 e. The van der Waals surface area contributed by atoms with Gasteiger partial charge in [0.15, 0.2) is 12.6 Å². The Hall–Kier alpha value is -0.240. The summed E-state index contributed by atoms with van der Waals surface area (Å²) in [5, 5.41) is 19.8. The first kappa shape index (κ1) is 21.8. The van der Waals surface area contributed by atoms with Gasteiger partial charge < -0.3 is 10.2 Å². The minimum atomic E-state index is -1.24. The van der Waals surface area contributed by atoms with Crippen LogP contribution < -0.4 is 0 Å². The van der Waals surface area contributed by atoms with Crippen molar-refractivity contribution in [1.29, 1.82) is 0 Å². The first-order chi connectivity index (χ1) is 9.67. The third kappa shape index (κ3) is 8.41. The van der Waals surface area contributed by atoms with Gasteiger partial charge in [0.25, 0.3) is 0 Å². The maximum atomic E-state index is 9.90. The van der Waals surface area contributed by atoms with E-state index in [1.54, 1.807) is 6.92 Å². The molecule has 0 rings (SSSR count). The van der Waals surface area contributed by atoms with Gasteiger partial charge in [0.2, 0.25) is 5.79 Å². The van der Waals surface area contributed by atoms with Crippen molar-refractivity contribution in [2.24, 2.45) is 16.7 Å². The predicted octanol–water partition coefficient (Wildman–Crippen LogP) is 3.37. The summed E-state index contributed by atoms with van der Waals surface area (Å²) >= 11 is 0. The lowest BCUT2D eigenvalue weighted by molar-refractivity contribution is -0.554. The first-order valence-electron chi connectivity index (χ1n) is 7.72. The SMILES string of the molecule is CC(C)CC(C)(OOC(O)C(C)(C)C)OOC(O)C(C)(C)C. The molecule has 0 spiro atoms. The van der Waals surface area contributed by atoms with Crippen LogP contribution in [0.5, 0.6) is 0 Å². The van der Waals surface area contributed by atoms with Gasteiger partial charge in [0.05, 0.1) is 0 Å². The van der Waals surface area contributed by atoms with E-state index >= 15 is 0 Å². The fourth-order valence-electron chi connectivity index (χ4n) is 1.41. The molecule has 0 bridgehead atoms. The summed E-state index contributed by atoms with van der Waals surface area (Å²) in [6.45, 7) is 16.5. The van der Waals surface area contributed by atoms with Gasteiger partial charge >= 0.3 is 0 Å². The molecule has 134 valence electrons. The van der Waals surface area contributed by atoms with E-state index in [9.17, 15) is 10.2 Å². The zero-order valence-corrected chi connectivity index (χ0v) is 15.5. The molecule has 0 aliphatic carbocycles. The number of aliphatic hydroxyl groups is 2. The Morgan fingerprint density at radius 2 is 1.05 bits per heavy atom. The van der Waals surface area contributed by atoms with Crippen LogP contribution >= 0.6 is 0 Å². The average Bonchev–Trinajstić information content (AvgIpc) is 2.29. The minimum absolute atomic E-state index is 0.232. The van der Waals surface area contributed by atoms with Gasteiger partial charge in [-0.25, -0.2) is 9.78 Å². The van der Waals surface area contributed by atoms with Gasteiger partial charge in [-0.3, -0.25) is 0 Å². The molecular formula is C16H34O6. The van der Waals surface area contributed by atoms with Crippen molar-refractivity contribution in [2.45, 2.75) is 87.1 Å². The van der Waals surface area contributed by atoms with Crippen molar-refractivity contribution in [2.75, 3.05) is 0 Å². The molecule has 0 radical (unpaired) electrons. The van der Waals surface area contributed by atoms with E-state index in [1.165, 1.54) is 0 Å². The second kappa shape index (κ2) is 8.04. The molecule has 2 N–H and O–H groups in total. The Morgan fingerprint density at radius 3 is 1.27 bits per heavy atom. The van der Waals surface area contributed by atoms with Crippen molar-refractivity contribution in [1.82, 2.24) is 0 Å². The van der Waals surface area contributed by atoms with E-state index in [0.29, 0.717) is 6.42 Å². The predicted molar refractivity (Wildman–Crippen MR) is 83.1 cm³/mol. The monoisotopic (exact) mass is 322 g/mol. The normalized spacial score (nSPS) is 19.1.